The predicted octanol–water partition coefficient (Wildman–Crippen LogP) is 1.55. The summed E-state index contributed by atoms with van der Waals surface area (Å²) in [5.41, 5.74) is 3.82. The molecule has 4 rings (SSSR count). The molecule has 0 radical (unpaired) electrons. The van der Waals surface area contributed by atoms with Gasteiger partial charge in [-0.25, -0.2) is 0 Å². The lowest BCUT2D eigenvalue weighted by molar-refractivity contribution is -0.149. The highest BCUT2D eigenvalue weighted by Gasteiger charge is 2.52. The number of amides is 1. The first-order valence-corrected chi connectivity index (χ1v) is 9.11. The minimum atomic E-state index is -0.107. The van der Waals surface area contributed by atoms with Gasteiger partial charge in [-0.05, 0) is 30.4 Å². The Morgan fingerprint density at radius 3 is 2.79 bits per heavy atom. The molecule has 0 unspecified atom stereocenters. The van der Waals surface area contributed by atoms with E-state index in [2.05, 4.69) is 30.9 Å². The molecule has 1 saturated carbocycles. The van der Waals surface area contributed by atoms with Crippen molar-refractivity contribution >= 4 is 5.91 Å². The van der Waals surface area contributed by atoms with Crippen molar-refractivity contribution in [2.24, 2.45) is 5.41 Å². The summed E-state index contributed by atoms with van der Waals surface area (Å²) in [6, 6.07) is 4.24. The van der Waals surface area contributed by atoms with E-state index in [9.17, 15) is 9.90 Å². The third kappa shape index (κ3) is 2.84. The Hall–Kier alpha value is -1.46. The van der Waals surface area contributed by atoms with E-state index in [4.69, 9.17) is 4.98 Å². The molecule has 1 aromatic rings. The second kappa shape index (κ2) is 5.81. The number of aromatic nitrogens is 1. The number of nitrogens with zero attached hydrogens (tertiary/aromatic N) is 3. The first-order chi connectivity index (χ1) is 11.4. The molecule has 1 spiro atoms. The van der Waals surface area contributed by atoms with Gasteiger partial charge in [-0.1, -0.05) is 19.9 Å². The first kappa shape index (κ1) is 16.0. The number of aliphatic hydroxyl groups excluding tert-OH is 1. The molecule has 1 N–H and O–H groups in total. The van der Waals surface area contributed by atoms with Crippen LogP contribution < -0.4 is 0 Å². The molecule has 1 aromatic heterocycles. The van der Waals surface area contributed by atoms with Crippen LogP contribution in [0, 0.1) is 5.41 Å². The summed E-state index contributed by atoms with van der Waals surface area (Å²) < 4.78 is 0. The molecule has 0 atom stereocenters. The maximum Gasteiger partial charge on any atom is 0.237 e. The molecule has 1 amide bonds. The van der Waals surface area contributed by atoms with E-state index in [1.54, 1.807) is 0 Å². The van der Waals surface area contributed by atoms with Crippen LogP contribution in [0.15, 0.2) is 12.1 Å². The van der Waals surface area contributed by atoms with Crippen molar-refractivity contribution in [1.82, 2.24) is 14.8 Å². The highest BCUT2D eigenvalue weighted by molar-refractivity contribution is 5.78. The van der Waals surface area contributed by atoms with E-state index in [0.717, 1.165) is 50.3 Å². The molecule has 0 aromatic carbocycles. The van der Waals surface area contributed by atoms with Gasteiger partial charge in [0.15, 0.2) is 0 Å². The molecule has 5 heteroatoms. The Bertz CT molecular complexity index is 644. The van der Waals surface area contributed by atoms with Crippen molar-refractivity contribution in [3.05, 3.63) is 29.1 Å². The Morgan fingerprint density at radius 1 is 1.38 bits per heavy atom. The fraction of sp³-hybridized carbons (Fsp3) is 0.684. The Balaban J connectivity index is 1.32. The van der Waals surface area contributed by atoms with Crippen LogP contribution in [0.3, 0.4) is 0 Å². The van der Waals surface area contributed by atoms with Crippen LogP contribution in [0.5, 0.6) is 0 Å². The molecule has 1 aliphatic carbocycles. The summed E-state index contributed by atoms with van der Waals surface area (Å²) in [6.07, 6.45) is 2.58. The van der Waals surface area contributed by atoms with Gasteiger partial charge in [0.25, 0.3) is 0 Å². The van der Waals surface area contributed by atoms with Crippen LogP contribution in [0.1, 0.15) is 49.6 Å². The van der Waals surface area contributed by atoms with Crippen LogP contribution in [-0.2, 0) is 17.8 Å². The number of aliphatic hydroxyl groups is 1. The third-order valence-corrected chi connectivity index (χ3v) is 5.83. The van der Waals surface area contributed by atoms with E-state index >= 15 is 0 Å². The van der Waals surface area contributed by atoms with E-state index in [1.807, 2.05) is 4.90 Å². The number of rotatable bonds is 3. The number of likely N-dealkylation sites (tertiary alicyclic amines) is 1. The number of fused-ring (bicyclic) bond motifs is 1. The van der Waals surface area contributed by atoms with Gasteiger partial charge < -0.3 is 10.0 Å². The lowest BCUT2D eigenvalue weighted by atomic mass is 9.62. The molecule has 3 aliphatic rings. The predicted molar refractivity (Wildman–Crippen MR) is 91.6 cm³/mol. The molecular formula is C19H27N3O2. The monoisotopic (exact) mass is 329 g/mol. The number of pyridine rings is 1. The Labute approximate surface area is 143 Å². The van der Waals surface area contributed by atoms with Crippen LogP contribution in [0.4, 0.5) is 0 Å². The zero-order valence-corrected chi connectivity index (χ0v) is 14.7. The molecule has 1 saturated heterocycles. The molecule has 5 nitrogen and oxygen atoms in total. The first-order valence-electron chi connectivity index (χ1n) is 9.11. The van der Waals surface area contributed by atoms with Crippen molar-refractivity contribution in [2.75, 3.05) is 26.2 Å². The van der Waals surface area contributed by atoms with Gasteiger partial charge >= 0.3 is 0 Å². The zero-order chi connectivity index (χ0) is 16.9. The van der Waals surface area contributed by atoms with Crippen molar-refractivity contribution < 1.29 is 9.90 Å². The quantitative estimate of drug-likeness (QED) is 0.914. The second-order valence-corrected chi connectivity index (χ2v) is 8.27. The molecule has 2 fully saturated rings. The van der Waals surface area contributed by atoms with E-state index in [1.165, 1.54) is 5.56 Å². The van der Waals surface area contributed by atoms with Crippen LogP contribution in [-0.4, -0.2) is 58.1 Å². The summed E-state index contributed by atoms with van der Waals surface area (Å²) >= 11 is 0. The van der Waals surface area contributed by atoms with E-state index in [0.29, 0.717) is 24.4 Å². The lowest BCUT2D eigenvalue weighted by Gasteiger charge is -2.57. The van der Waals surface area contributed by atoms with Crippen molar-refractivity contribution in [2.45, 2.75) is 51.7 Å². The van der Waals surface area contributed by atoms with E-state index in [-0.39, 0.29) is 12.0 Å². The summed E-state index contributed by atoms with van der Waals surface area (Å²) in [4.78, 5) is 21.5. The molecule has 24 heavy (non-hydrogen) atoms. The van der Waals surface area contributed by atoms with Crippen molar-refractivity contribution in [3.8, 4) is 0 Å². The SMILES string of the molecule is CC(C)c1ccc2c(n1)CCN(C(=O)CN1CC3(CC(O)C3)C1)C2. The maximum atomic E-state index is 12.6. The standard InChI is InChI=1S/C19H27N3O2/c1-13(2)16-4-3-14-9-22(6-5-17(14)20-16)18(24)10-21-11-19(12-21)7-15(23)8-19/h3-4,13,15,23H,5-12H2,1-2H3. The van der Waals surface area contributed by atoms with Gasteiger partial charge in [0.2, 0.25) is 5.91 Å². The van der Waals surface area contributed by atoms with Crippen molar-refractivity contribution in [1.29, 1.82) is 0 Å². The summed E-state index contributed by atoms with van der Waals surface area (Å²) in [7, 11) is 0. The third-order valence-electron chi connectivity index (χ3n) is 5.83. The fourth-order valence-corrected chi connectivity index (χ4v) is 4.47. The smallest absolute Gasteiger partial charge is 0.237 e. The Kier molecular flexibility index (Phi) is 3.88. The largest absolute Gasteiger partial charge is 0.393 e. The number of hydrogen-bond donors (Lipinski definition) is 1. The topological polar surface area (TPSA) is 56.7 Å². The van der Waals surface area contributed by atoms with E-state index < -0.39 is 0 Å². The summed E-state index contributed by atoms with van der Waals surface area (Å²) in [6.45, 7) is 8.25. The van der Waals surface area contributed by atoms with Crippen LogP contribution in [0.25, 0.3) is 0 Å². The maximum absolute atomic E-state index is 12.6. The molecule has 2 aliphatic heterocycles. The average Bonchev–Trinajstić information content (AvgIpc) is 2.50. The summed E-state index contributed by atoms with van der Waals surface area (Å²) in [5, 5.41) is 9.47. The minimum absolute atomic E-state index is 0.107. The molecule has 0 bridgehead atoms. The number of carbonyl (C=O) groups is 1. The average molecular weight is 329 g/mol. The van der Waals surface area contributed by atoms with Gasteiger partial charge in [-0.2, -0.15) is 0 Å². The molecular weight excluding hydrogens is 302 g/mol. The zero-order valence-electron chi connectivity index (χ0n) is 14.7. The molecule has 3 heterocycles. The van der Waals surface area contributed by atoms with Gasteiger partial charge in [-0.3, -0.25) is 14.7 Å². The van der Waals surface area contributed by atoms with Gasteiger partial charge in [0.05, 0.1) is 12.6 Å². The van der Waals surface area contributed by atoms with Gasteiger partial charge in [-0.15, -0.1) is 0 Å². The number of hydrogen-bond acceptors (Lipinski definition) is 4. The lowest BCUT2D eigenvalue weighted by Crippen LogP contribution is -2.65. The normalized spacial score (nSPS) is 23.1. The van der Waals surface area contributed by atoms with Gasteiger partial charge in [0, 0.05) is 49.4 Å². The van der Waals surface area contributed by atoms with Gasteiger partial charge in [0.1, 0.15) is 0 Å². The highest BCUT2D eigenvalue weighted by Crippen LogP contribution is 2.48. The Morgan fingerprint density at radius 2 is 2.12 bits per heavy atom. The number of carbonyl (C=O) groups excluding carboxylic acids is 1. The van der Waals surface area contributed by atoms with Crippen LogP contribution >= 0.6 is 0 Å². The minimum Gasteiger partial charge on any atom is -0.393 e. The molecule has 130 valence electrons. The second-order valence-electron chi connectivity index (χ2n) is 8.27. The fourth-order valence-electron chi connectivity index (χ4n) is 4.47. The highest BCUT2D eigenvalue weighted by atomic mass is 16.3. The summed E-state index contributed by atoms with van der Waals surface area (Å²) in [5.74, 6) is 0.669. The van der Waals surface area contributed by atoms with Crippen LogP contribution in [0.2, 0.25) is 0 Å². The van der Waals surface area contributed by atoms with Crippen molar-refractivity contribution in [3.63, 3.8) is 0 Å².